The number of carbonyl (C=O) groups excluding carboxylic acids is 1. The number of hydrogen-bond donors (Lipinski definition) is 0. The molecular formula is C26H43NO3. The summed E-state index contributed by atoms with van der Waals surface area (Å²) < 4.78 is 10.5. The van der Waals surface area contributed by atoms with Crippen LogP contribution in [0.25, 0.3) is 0 Å². The summed E-state index contributed by atoms with van der Waals surface area (Å²) in [6.07, 6.45) is 22.7. The maximum atomic E-state index is 11.7. The summed E-state index contributed by atoms with van der Waals surface area (Å²) in [6.45, 7) is 6.61. The van der Waals surface area contributed by atoms with Crippen LogP contribution < -0.4 is 0 Å². The molecule has 1 aliphatic heterocycles. The van der Waals surface area contributed by atoms with Crippen LogP contribution in [0.1, 0.15) is 84.0 Å². The molecule has 1 heterocycles. The Kier molecular flexibility index (Phi) is 18.3. The molecule has 170 valence electrons. The first-order valence-corrected chi connectivity index (χ1v) is 12.0. The van der Waals surface area contributed by atoms with Gasteiger partial charge in [0, 0.05) is 19.5 Å². The van der Waals surface area contributed by atoms with E-state index in [1.165, 1.54) is 44.9 Å². The maximum absolute atomic E-state index is 11.7. The third-order valence-corrected chi connectivity index (χ3v) is 5.17. The molecule has 0 spiro atoms. The van der Waals surface area contributed by atoms with Crippen LogP contribution in [-0.2, 0) is 14.3 Å². The van der Waals surface area contributed by atoms with Crippen LogP contribution in [0.4, 0.5) is 0 Å². The lowest BCUT2D eigenvalue weighted by Crippen LogP contribution is -2.36. The Morgan fingerprint density at radius 1 is 0.900 bits per heavy atom. The Bertz CT molecular complexity index is 524. The zero-order valence-corrected chi connectivity index (χ0v) is 19.2. The lowest BCUT2D eigenvalue weighted by Gasteiger charge is -2.24. The summed E-state index contributed by atoms with van der Waals surface area (Å²) in [6, 6.07) is 0. The van der Waals surface area contributed by atoms with Crippen LogP contribution in [0.15, 0.2) is 24.3 Å². The molecule has 0 aromatic carbocycles. The highest BCUT2D eigenvalue weighted by Crippen LogP contribution is 2.08. The Labute approximate surface area is 185 Å². The van der Waals surface area contributed by atoms with E-state index in [4.69, 9.17) is 9.47 Å². The minimum absolute atomic E-state index is 0.124. The van der Waals surface area contributed by atoms with Gasteiger partial charge in [-0.25, -0.2) is 0 Å². The van der Waals surface area contributed by atoms with Crippen LogP contribution in [0.2, 0.25) is 0 Å². The summed E-state index contributed by atoms with van der Waals surface area (Å²) in [7, 11) is 0. The second kappa shape index (κ2) is 20.7. The average molecular weight is 418 g/mol. The molecule has 4 heteroatoms. The number of esters is 1. The van der Waals surface area contributed by atoms with Gasteiger partial charge >= 0.3 is 5.97 Å². The molecule has 0 N–H and O–H groups in total. The molecule has 0 aliphatic carbocycles. The highest BCUT2D eigenvalue weighted by Gasteiger charge is 2.07. The molecule has 0 aromatic heterocycles. The number of nitrogens with zero attached hydrogens (tertiary/aromatic N) is 1. The van der Waals surface area contributed by atoms with E-state index in [0.717, 1.165) is 58.5 Å². The van der Waals surface area contributed by atoms with Gasteiger partial charge in [0.25, 0.3) is 0 Å². The van der Waals surface area contributed by atoms with Gasteiger partial charge in [-0.15, -0.1) is 0 Å². The summed E-state index contributed by atoms with van der Waals surface area (Å²) in [5.74, 6) is 5.87. The molecule has 0 aromatic rings. The van der Waals surface area contributed by atoms with E-state index in [1.54, 1.807) is 0 Å². The molecule has 0 bridgehead atoms. The van der Waals surface area contributed by atoms with Gasteiger partial charge in [-0.2, -0.15) is 0 Å². The number of hydrogen-bond acceptors (Lipinski definition) is 4. The molecule has 0 unspecified atom stereocenters. The number of ether oxygens (including phenoxy) is 2. The van der Waals surface area contributed by atoms with Gasteiger partial charge in [0.05, 0.1) is 19.8 Å². The number of carbonyl (C=O) groups is 1. The van der Waals surface area contributed by atoms with E-state index in [-0.39, 0.29) is 12.6 Å². The predicted molar refractivity (Wildman–Crippen MR) is 125 cm³/mol. The lowest BCUT2D eigenvalue weighted by molar-refractivity contribution is -0.142. The monoisotopic (exact) mass is 417 g/mol. The van der Waals surface area contributed by atoms with Crippen molar-refractivity contribution in [3.8, 4) is 11.8 Å². The first kappa shape index (κ1) is 26.5. The lowest BCUT2D eigenvalue weighted by atomic mass is 10.1. The second-order valence-corrected chi connectivity index (χ2v) is 7.88. The molecule has 1 fully saturated rings. The second-order valence-electron chi connectivity index (χ2n) is 7.88. The van der Waals surface area contributed by atoms with Gasteiger partial charge in [0.1, 0.15) is 0 Å². The standard InChI is InChI=1S/C26H43NO3/c1-2-3-4-5-6-7-8-9-10-11-12-13-14-15-16-19-26(28)30-23-18-17-20-27-21-24-29-25-22-27/h6-7,9-10H,2-5,8,11-16,19-25H2,1H3/b7-6-,10-9-. The first-order chi connectivity index (χ1) is 14.8. The summed E-state index contributed by atoms with van der Waals surface area (Å²) >= 11 is 0. The van der Waals surface area contributed by atoms with Crippen molar-refractivity contribution in [2.45, 2.75) is 84.0 Å². The van der Waals surface area contributed by atoms with Crippen molar-refractivity contribution in [1.29, 1.82) is 0 Å². The van der Waals surface area contributed by atoms with Crippen molar-refractivity contribution in [3.63, 3.8) is 0 Å². The maximum Gasteiger partial charge on any atom is 0.306 e. The van der Waals surface area contributed by atoms with Gasteiger partial charge < -0.3 is 9.47 Å². The average Bonchev–Trinajstić information content (AvgIpc) is 2.77. The van der Waals surface area contributed by atoms with Gasteiger partial charge in [-0.05, 0) is 38.5 Å². The van der Waals surface area contributed by atoms with Gasteiger partial charge in [-0.3, -0.25) is 9.69 Å². The Hall–Kier alpha value is -1.57. The molecule has 0 atom stereocenters. The first-order valence-electron chi connectivity index (χ1n) is 12.0. The Morgan fingerprint density at radius 3 is 2.30 bits per heavy atom. The predicted octanol–water partition coefficient (Wildman–Crippen LogP) is 5.68. The van der Waals surface area contributed by atoms with E-state index in [0.29, 0.717) is 6.42 Å². The molecule has 0 saturated carbocycles. The smallest absolute Gasteiger partial charge is 0.306 e. The van der Waals surface area contributed by atoms with E-state index in [1.807, 2.05) is 0 Å². The van der Waals surface area contributed by atoms with Crippen molar-refractivity contribution in [2.75, 3.05) is 39.5 Å². The fourth-order valence-electron chi connectivity index (χ4n) is 3.25. The van der Waals surface area contributed by atoms with Crippen LogP contribution in [0, 0.1) is 11.8 Å². The zero-order chi connectivity index (χ0) is 21.5. The molecule has 1 saturated heterocycles. The minimum Gasteiger partial charge on any atom is -0.452 e. The summed E-state index contributed by atoms with van der Waals surface area (Å²) in [5, 5.41) is 0. The highest BCUT2D eigenvalue weighted by molar-refractivity contribution is 5.69. The largest absolute Gasteiger partial charge is 0.452 e. The van der Waals surface area contributed by atoms with Gasteiger partial charge in [0.15, 0.2) is 6.61 Å². The molecule has 30 heavy (non-hydrogen) atoms. The zero-order valence-electron chi connectivity index (χ0n) is 19.2. The molecule has 4 nitrogen and oxygen atoms in total. The quantitative estimate of drug-likeness (QED) is 0.140. The molecular weight excluding hydrogens is 374 g/mol. The molecule has 0 amide bonds. The number of unbranched alkanes of at least 4 members (excludes halogenated alkanes) is 8. The van der Waals surface area contributed by atoms with E-state index < -0.39 is 0 Å². The molecule has 1 rings (SSSR count). The van der Waals surface area contributed by atoms with Crippen LogP contribution in [0.3, 0.4) is 0 Å². The number of morpholine rings is 1. The van der Waals surface area contributed by atoms with Crippen molar-refractivity contribution in [3.05, 3.63) is 24.3 Å². The van der Waals surface area contributed by atoms with Crippen molar-refractivity contribution in [2.24, 2.45) is 0 Å². The van der Waals surface area contributed by atoms with Crippen LogP contribution in [0.5, 0.6) is 0 Å². The van der Waals surface area contributed by atoms with Gasteiger partial charge in [0.2, 0.25) is 0 Å². The molecule has 0 radical (unpaired) electrons. The van der Waals surface area contributed by atoms with Crippen LogP contribution >= 0.6 is 0 Å². The normalized spacial score (nSPS) is 14.8. The molecule has 1 aliphatic rings. The van der Waals surface area contributed by atoms with E-state index in [2.05, 4.69) is 48.0 Å². The van der Waals surface area contributed by atoms with Crippen LogP contribution in [-0.4, -0.2) is 50.3 Å². The topological polar surface area (TPSA) is 38.8 Å². The van der Waals surface area contributed by atoms with Crippen molar-refractivity contribution in [1.82, 2.24) is 4.90 Å². The number of allylic oxidation sites excluding steroid dienone is 4. The third kappa shape index (κ3) is 17.3. The minimum atomic E-state index is -0.124. The Morgan fingerprint density at radius 2 is 1.57 bits per heavy atom. The van der Waals surface area contributed by atoms with Gasteiger partial charge in [-0.1, -0.05) is 75.2 Å². The third-order valence-electron chi connectivity index (χ3n) is 5.17. The fourth-order valence-corrected chi connectivity index (χ4v) is 3.25. The SMILES string of the molecule is CCCCC/C=C\C/C=C\CCCCCCCC(=O)OCC#CCN1CCOCC1. The highest BCUT2D eigenvalue weighted by atomic mass is 16.5. The fraction of sp³-hybridized carbons (Fsp3) is 0.731. The number of rotatable bonds is 16. The van der Waals surface area contributed by atoms with Crippen molar-refractivity contribution < 1.29 is 14.3 Å². The summed E-state index contributed by atoms with van der Waals surface area (Å²) in [5.41, 5.74) is 0. The Balaban J connectivity index is 1.84. The van der Waals surface area contributed by atoms with Crippen molar-refractivity contribution >= 4 is 5.97 Å². The summed E-state index contributed by atoms with van der Waals surface area (Å²) in [4.78, 5) is 14.0. The van der Waals surface area contributed by atoms with E-state index in [9.17, 15) is 4.79 Å². The van der Waals surface area contributed by atoms with E-state index >= 15 is 0 Å².